The average molecular weight is 372 g/mol. The maximum Gasteiger partial charge on any atom is 0.423 e. The first-order valence-electron chi connectivity index (χ1n) is 8.10. The third-order valence-electron chi connectivity index (χ3n) is 3.88. The van der Waals surface area contributed by atoms with Gasteiger partial charge in [-0.2, -0.15) is 23.4 Å². The van der Waals surface area contributed by atoms with Crippen LogP contribution in [0.5, 0.6) is 0 Å². The molecule has 0 fully saturated rings. The number of fused-ring (bicyclic) bond motifs is 1. The molecule has 11 heteroatoms. The van der Waals surface area contributed by atoms with E-state index in [-0.39, 0.29) is 18.9 Å². The van der Waals surface area contributed by atoms with Gasteiger partial charge >= 0.3 is 6.18 Å². The SMILES string of the molecule is C[C@@H](COCc1cc2n(n1)CCNC2)Nc1cn[nH]c(=O)c1C(F)(F)F. The van der Waals surface area contributed by atoms with Crippen molar-refractivity contribution in [3.05, 3.63) is 39.6 Å². The summed E-state index contributed by atoms with van der Waals surface area (Å²) in [6.07, 6.45) is -3.83. The molecule has 0 unspecified atom stereocenters. The minimum absolute atomic E-state index is 0.143. The molecule has 0 radical (unpaired) electrons. The van der Waals surface area contributed by atoms with Gasteiger partial charge in [0.15, 0.2) is 0 Å². The summed E-state index contributed by atoms with van der Waals surface area (Å²) in [7, 11) is 0. The van der Waals surface area contributed by atoms with Crippen LogP contribution in [-0.4, -0.2) is 39.2 Å². The van der Waals surface area contributed by atoms with Crippen LogP contribution in [0.25, 0.3) is 0 Å². The summed E-state index contributed by atoms with van der Waals surface area (Å²) in [5, 5.41) is 15.5. The molecule has 0 saturated heterocycles. The van der Waals surface area contributed by atoms with E-state index in [0.29, 0.717) is 0 Å². The highest BCUT2D eigenvalue weighted by molar-refractivity contribution is 5.50. The molecule has 0 spiro atoms. The fourth-order valence-electron chi connectivity index (χ4n) is 2.76. The molecule has 2 aromatic rings. The number of anilines is 1. The Morgan fingerprint density at radius 2 is 2.27 bits per heavy atom. The lowest BCUT2D eigenvalue weighted by Crippen LogP contribution is -2.29. The second-order valence-electron chi connectivity index (χ2n) is 6.07. The number of alkyl halides is 3. The summed E-state index contributed by atoms with van der Waals surface area (Å²) in [6.45, 7) is 4.46. The van der Waals surface area contributed by atoms with Crippen LogP contribution >= 0.6 is 0 Å². The van der Waals surface area contributed by atoms with Gasteiger partial charge in [-0.1, -0.05) is 0 Å². The molecule has 142 valence electrons. The van der Waals surface area contributed by atoms with Gasteiger partial charge < -0.3 is 15.4 Å². The van der Waals surface area contributed by atoms with Gasteiger partial charge in [0.05, 0.1) is 43.0 Å². The largest absolute Gasteiger partial charge is 0.423 e. The fourth-order valence-corrected chi connectivity index (χ4v) is 2.76. The van der Waals surface area contributed by atoms with E-state index in [9.17, 15) is 18.0 Å². The Hall–Kier alpha value is -2.40. The predicted octanol–water partition coefficient (Wildman–Crippen LogP) is 1.11. The molecule has 1 aliphatic rings. The van der Waals surface area contributed by atoms with Crippen molar-refractivity contribution in [3.63, 3.8) is 0 Å². The van der Waals surface area contributed by atoms with Crippen LogP contribution in [0.2, 0.25) is 0 Å². The first-order valence-corrected chi connectivity index (χ1v) is 8.10. The Kier molecular flexibility index (Phi) is 5.28. The lowest BCUT2D eigenvalue weighted by atomic mass is 10.2. The van der Waals surface area contributed by atoms with Crippen molar-refractivity contribution < 1.29 is 17.9 Å². The summed E-state index contributed by atoms with van der Waals surface area (Å²) in [5.41, 5.74) is -1.11. The molecule has 1 atom stereocenters. The number of aromatic nitrogens is 4. The van der Waals surface area contributed by atoms with Gasteiger partial charge in [-0.25, -0.2) is 5.10 Å². The Labute approximate surface area is 146 Å². The Morgan fingerprint density at radius 1 is 1.46 bits per heavy atom. The summed E-state index contributed by atoms with van der Waals surface area (Å²) in [5.74, 6) is 0. The van der Waals surface area contributed by atoms with Gasteiger partial charge in [-0.05, 0) is 13.0 Å². The van der Waals surface area contributed by atoms with Crippen molar-refractivity contribution in [2.45, 2.75) is 38.8 Å². The molecule has 3 heterocycles. The van der Waals surface area contributed by atoms with Crippen molar-refractivity contribution >= 4 is 5.69 Å². The van der Waals surface area contributed by atoms with Crippen molar-refractivity contribution in [1.29, 1.82) is 0 Å². The third kappa shape index (κ3) is 4.22. The van der Waals surface area contributed by atoms with Crippen LogP contribution in [0, 0.1) is 0 Å². The second kappa shape index (κ2) is 7.46. The number of hydrogen-bond acceptors (Lipinski definition) is 6. The smallest absolute Gasteiger partial charge is 0.378 e. The van der Waals surface area contributed by atoms with Crippen LogP contribution in [-0.2, 0) is 30.6 Å². The summed E-state index contributed by atoms with van der Waals surface area (Å²) in [4.78, 5) is 11.4. The Balaban J connectivity index is 1.56. The summed E-state index contributed by atoms with van der Waals surface area (Å²) < 4.78 is 46.5. The van der Waals surface area contributed by atoms with Gasteiger partial charge in [-0.3, -0.25) is 9.48 Å². The van der Waals surface area contributed by atoms with Gasteiger partial charge in [0.2, 0.25) is 0 Å². The van der Waals surface area contributed by atoms with E-state index in [2.05, 4.69) is 20.8 Å². The fraction of sp³-hybridized carbons (Fsp3) is 0.533. The second-order valence-corrected chi connectivity index (χ2v) is 6.07. The molecule has 26 heavy (non-hydrogen) atoms. The number of rotatable bonds is 6. The molecule has 0 amide bonds. The Bertz CT molecular complexity index is 793. The van der Waals surface area contributed by atoms with E-state index in [4.69, 9.17) is 4.74 Å². The number of hydrogen-bond donors (Lipinski definition) is 3. The highest BCUT2D eigenvalue weighted by atomic mass is 19.4. The third-order valence-corrected chi connectivity index (χ3v) is 3.88. The van der Waals surface area contributed by atoms with Crippen LogP contribution in [0.1, 0.15) is 23.9 Å². The standard InChI is InChI=1S/C15H19F3N6O2/c1-9(21-12-6-20-22-14(25)13(12)15(16,17)18)7-26-8-10-4-11-5-19-2-3-24(11)23-10/h4,6,9,19H,2-3,5,7-8H2,1H3,(H2,21,22,25)/t9-/m0/s1. The van der Waals surface area contributed by atoms with Gasteiger partial charge in [-0.15, -0.1) is 0 Å². The van der Waals surface area contributed by atoms with E-state index in [1.807, 2.05) is 10.7 Å². The molecule has 1 aliphatic heterocycles. The lowest BCUT2D eigenvalue weighted by molar-refractivity contribution is -0.138. The lowest BCUT2D eigenvalue weighted by Gasteiger charge is -2.18. The maximum atomic E-state index is 13.0. The highest BCUT2D eigenvalue weighted by Gasteiger charge is 2.37. The van der Waals surface area contributed by atoms with E-state index in [0.717, 1.165) is 37.2 Å². The summed E-state index contributed by atoms with van der Waals surface area (Å²) >= 11 is 0. The topological polar surface area (TPSA) is 96.9 Å². The molecule has 0 saturated carbocycles. The molecule has 0 aliphatic carbocycles. The Morgan fingerprint density at radius 3 is 3.00 bits per heavy atom. The van der Waals surface area contributed by atoms with Crippen molar-refractivity contribution in [2.24, 2.45) is 0 Å². The number of aromatic amines is 1. The number of nitrogens with zero attached hydrogens (tertiary/aromatic N) is 3. The molecular formula is C15H19F3N6O2. The number of ether oxygens (including phenoxy) is 1. The number of halogens is 3. The zero-order valence-electron chi connectivity index (χ0n) is 14.1. The predicted molar refractivity (Wildman–Crippen MR) is 86.5 cm³/mol. The van der Waals surface area contributed by atoms with Crippen LogP contribution < -0.4 is 16.2 Å². The van der Waals surface area contributed by atoms with Gasteiger partial charge in [0.1, 0.15) is 5.56 Å². The number of H-pyrrole nitrogens is 1. The first kappa shape index (κ1) is 18.4. The zero-order chi connectivity index (χ0) is 18.7. The summed E-state index contributed by atoms with van der Waals surface area (Å²) in [6, 6.07) is 1.48. The number of nitrogens with one attached hydrogen (secondary N) is 3. The molecule has 2 aromatic heterocycles. The molecular weight excluding hydrogens is 353 g/mol. The van der Waals surface area contributed by atoms with E-state index in [1.165, 1.54) is 0 Å². The van der Waals surface area contributed by atoms with E-state index < -0.39 is 23.3 Å². The van der Waals surface area contributed by atoms with Crippen LogP contribution in [0.15, 0.2) is 17.1 Å². The van der Waals surface area contributed by atoms with Crippen LogP contribution in [0.4, 0.5) is 18.9 Å². The van der Waals surface area contributed by atoms with E-state index in [1.54, 1.807) is 12.0 Å². The van der Waals surface area contributed by atoms with E-state index >= 15 is 0 Å². The highest BCUT2D eigenvalue weighted by Crippen LogP contribution is 2.31. The maximum absolute atomic E-state index is 13.0. The van der Waals surface area contributed by atoms with Crippen molar-refractivity contribution in [3.8, 4) is 0 Å². The quantitative estimate of drug-likeness (QED) is 0.703. The first-order chi connectivity index (χ1) is 12.3. The minimum atomic E-state index is -4.77. The molecule has 3 N–H and O–H groups in total. The molecule has 0 bridgehead atoms. The molecule has 8 nitrogen and oxygen atoms in total. The van der Waals surface area contributed by atoms with Gasteiger partial charge in [0.25, 0.3) is 5.56 Å². The van der Waals surface area contributed by atoms with Crippen molar-refractivity contribution in [2.75, 3.05) is 18.5 Å². The van der Waals surface area contributed by atoms with Gasteiger partial charge in [0, 0.05) is 19.1 Å². The molecule has 3 rings (SSSR count). The van der Waals surface area contributed by atoms with Crippen molar-refractivity contribution in [1.82, 2.24) is 25.3 Å². The monoisotopic (exact) mass is 372 g/mol. The normalized spacial score (nSPS) is 15.5. The van der Waals surface area contributed by atoms with Crippen LogP contribution in [0.3, 0.4) is 0 Å². The zero-order valence-corrected chi connectivity index (χ0v) is 14.1. The minimum Gasteiger partial charge on any atom is -0.378 e. The average Bonchev–Trinajstić information content (AvgIpc) is 2.96. The molecule has 0 aromatic carbocycles.